The highest BCUT2D eigenvalue weighted by atomic mass is 16.2. The summed E-state index contributed by atoms with van der Waals surface area (Å²) in [6, 6.07) is -0.799. The Morgan fingerprint density at radius 3 is 2.18 bits per heavy atom. The first-order valence-corrected chi connectivity index (χ1v) is 10.5. The molecule has 2 heterocycles. The van der Waals surface area contributed by atoms with Crippen molar-refractivity contribution in [2.75, 3.05) is 19.6 Å². The number of nitrogens with zero attached hydrogens (tertiary/aromatic N) is 2. The van der Waals surface area contributed by atoms with Gasteiger partial charge in [-0.3, -0.25) is 24.1 Å². The van der Waals surface area contributed by atoms with Gasteiger partial charge in [0.25, 0.3) is 0 Å². The van der Waals surface area contributed by atoms with Gasteiger partial charge in [-0.05, 0) is 38.0 Å². The molecule has 3 unspecified atom stereocenters. The Morgan fingerprint density at radius 2 is 1.64 bits per heavy atom. The van der Waals surface area contributed by atoms with Gasteiger partial charge in [0.2, 0.25) is 23.6 Å². The van der Waals surface area contributed by atoms with Gasteiger partial charge in [-0.1, -0.05) is 26.0 Å². The van der Waals surface area contributed by atoms with E-state index in [4.69, 9.17) is 0 Å². The molecule has 28 heavy (non-hydrogen) atoms. The Hall–Kier alpha value is -2.18. The second-order valence-electron chi connectivity index (χ2n) is 8.48. The van der Waals surface area contributed by atoms with Gasteiger partial charge in [-0.15, -0.1) is 0 Å². The van der Waals surface area contributed by atoms with Crippen LogP contribution in [0.3, 0.4) is 0 Å². The molecule has 3 atom stereocenters. The molecule has 3 rings (SSSR count). The van der Waals surface area contributed by atoms with E-state index in [1.807, 2.05) is 30.9 Å². The van der Waals surface area contributed by atoms with Gasteiger partial charge in [0.1, 0.15) is 6.04 Å². The SMILES string of the molecule is CC(C)CC(C(=O)NCCC(=O)N1CCCC1)N1C(=O)C2CC=CCC2C1=O. The van der Waals surface area contributed by atoms with E-state index in [1.54, 1.807) is 0 Å². The molecule has 0 bridgehead atoms. The summed E-state index contributed by atoms with van der Waals surface area (Å²) in [6.45, 7) is 5.74. The zero-order chi connectivity index (χ0) is 20.3. The van der Waals surface area contributed by atoms with Gasteiger partial charge in [-0.25, -0.2) is 0 Å². The van der Waals surface area contributed by atoms with E-state index in [2.05, 4.69) is 5.32 Å². The fourth-order valence-corrected chi connectivity index (χ4v) is 4.44. The predicted molar refractivity (Wildman–Crippen MR) is 104 cm³/mol. The van der Waals surface area contributed by atoms with Crippen LogP contribution in [0, 0.1) is 17.8 Å². The van der Waals surface area contributed by atoms with Crippen LogP contribution in [0.1, 0.15) is 52.4 Å². The Morgan fingerprint density at radius 1 is 1.07 bits per heavy atom. The third kappa shape index (κ3) is 4.28. The smallest absolute Gasteiger partial charge is 0.243 e. The molecule has 7 nitrogen and oxygen atoms in total. The van der Waals surface area contributed by atoms with Crippen LogP contribution in [0.15, 0.2) is 12.2 Å². The van der Waals surface area contributed by atoms with Crippen molar-refractivity contribution >= 4 is 23.6 Å². The number of rotatable bonds is 7. The normalized spacial score (nSPS) is 25.4. The minimum Gasteiger partial charge on any atom is -0.354 e. The quantitative estimate of drug-likeness (QED) is 0.528. The number of carbonyl (C=O) groups is 4. The first-order chi connectivity index (χ1) is 13.4. The summed E-state index contributed by atoms with van der Waals surface area (Å²) in [4.78, 5) is 53.8. The van der Waals surface area contributed by atoms with E-state index < -0.39 is 6.04 Å². The Kier molecular flexibility index (Phi) is 6.52. The number of imide groups is 1. The van der Waals surface area contributed by atoms with Gasteiger partial charge in [0.15, 0.2) is 0 Å². The highest BCUT2D eigenvalue weighted by Crippen LogP contribution is 2.37. The summed E-state index contributed by atoms with van der Waals surface area (Å²) in [5.41, 5.74) is 0. The van der Waals surface area contributed by atoms with Crippen molar-refractivity contribution in [1.82, 2.24) is 15.1 Å². The lowest BCUT2D eigenvalue weighted by molar-refractivity contribution is -0.148. The molecule has 2 fully saturated rings. The van der Waals surface area contributed by atoms with E-state index in [0.717, 1.165) is 25.9 Å². The highest BCUT2D eigenvalue weighted by Gasteiger charge is 2.51. The molecule has 154 valence electrons. The molecule has 0 saturated carbocycles. The second-order valence-corrected chi connectivity index (χ2v) is 8.48. The van der Waals surface area contributed by atoms with Crippen molar-refractivity contribution < 1.29 is 19.2 Å². The number of allylic oxidation sites excluding steroid dienone is 2. The van der Waals surface area contributed by atoms with E-state index >= 15 is 0 Å². The molecule has 2 aliphatic heterocycles. The number of fused-ring (bicyclic) bond motifs is 1. The van der Waals surface area contributed by atoms with Crippen LogP contribution < -0.4 is 5.32 Å². The third-order valence-corrected chi connectivity index (χ3v) is 5.95. The van der Waals surface area contributed by atoms with Crippen molar-refractivity contribution in [1.29, 1.82) is 0 Å². The maximum Gasteiger partial charge on any atom is 0.243 e. The van der Waals surface area contributed by atoms with Crippen LogP contribution in [0.2, 0.25) is 0 Å². The molecule has 2 saturated heterocycles. The average Bonchev–Trinajstić information content (AvgIpc) is 3.28. The lowest BCUT2D eigenvalue weighted by Crippen LogP contribution is -2.51. The predicted octanol–water partition coefficient (Wildman–Crippen LogP) is 1.48. The minimum atomic E-state index is -0.799. The van der Waals surface area contributed by atoms with Gasteiger partial charge in [0, 0.05) is 26.1 Å². The molecule has 0 spiro atoms. The number of amides is 4. The minimum absolute atomic E-state index is 0.0450. The van der Waals surface area contributed by atoms with Gasteiger partial charge in [0.05, 0.1) is 11.8 Å². The van der Waals surface area contributed by atoms with Crippen LogP contribution in [-0.4, -0.2) is 59.1 Å². The number of likely N-dealkylation sites (tertiary alicyclic amines) is 2. The zero-order valence-electron chi connectivity index (χ0n) is 16.9. The number of hydrogen-bond acceptors (Lipinski definition) is 4. The van der Waals surface area contributed by atoms with Gasteiger partial charge < -0.3 is 10.2 Å². The molecular formula is C21H31N3O4. The standard InChI is InChI=1S/C21H31N3O4/c1-14(2)13-17(19(26)22-10-9-18(25)23-11-5-6-12-23)24-20(27)15-7-3-4-8-16(15)21(24)28/h3-4,14-17H,5-13H2,1-2H3,(H,22,26). The molecule has 7 heteroatoms. The summed E-state index contributed by atoms with van der Waals surface area (Å²) in [7, 11) is 0. The second kappa shape index (κ2) is 8.88. The molecule has 1 N–H and O–H groups in total. The summed E-state index contributed by atoms with van der Waals surface area (Å²) < 4.78 is 0. The molecule has 0 aromatic heterocycles. The topological polar surface area (TPSA) is 86.8 Å². The number of carbonyl (C=O) groups excluding carboxylic acids is 4. The van der Waals surface area contributed by atoms with Crippen molar-refractivity contribution in [2.45, 2.75) is 58.4 Å². The summed E-state index contributed by atoms with van der Waals surface area (Å²) in [6.07, 6.45) is 7.75. The van der Waals surface area contributed by atoms with E-state index in [9.17, 15) is 19.2 Å². The van der Waals surface area contributed by atoms with Crippen LogP contribution in [0.4, 0.5) is 0 Å². The van der Waals surface area contributed by atoms with Crippen LogP contribution in [0.25, 0.3) is 0 Å². The fourth-order valence-electron chi connectivity index (χ4n) is 4.44. The average molecular weight is 389 g/mol. The monoisotopic (exact) mass is 389 g/mol. The lowest BCUT2D eigenvalue weighted by atomic mass is 9.85. The van der Waals surface area contributed by atoms with Gasteiger partial charge in [-0.2, -0.15) is 0 Å². The van der Waals surface area contributed by atoms with Crippen molar-refractivity contribution in [2.24, 2.45) is 17.8 Å². The molecule has 0 aromatic rings. The Bertz CT molecular complexity index is 641. The third-order valence-electron chi connectivity index (χ3n) is 5.95. The van der Waals surface area contributed by atoms with Crippen molar-refractivity contribution in [3.8, 4) is 0 Å². The van der Waals surface area contributed by atoms with Crippen LogP contribution >= 0.6 is 0 Å². The molecule has 1 aliphatic carbocycles. The number of nitrogens with one attached hydrogen (secondary N) is 1. The van der Waals surface area contributed by atoms with Crippen molar-refractivity contribution in [3.63, 3.8) is 0 Å². The van der Waals surface area contributed by atoms with Crippen LogP contribution in [-0.2, 0) is 19.2 Å². The summed E-state index contributed by atoms with van der Waals surface area (Å²) >= 11 is 0. The van der Waals surface area contributed by atoms with Crippen LogP contribution in [0.5, 0.6) is 0 Å². The maximum atomic E-state index is 12.9. The Balaban J connectivity index is 1.62. The van der Waals surface area contributed by atoms with E-state index in [1.165, 1.54) is 4.90 Å². The Labute approximate surface area is 166 Å². The molecule has 3 aliphatic rings. The largest absolute Gasteiger partial charge is 0.354 e. The molecule has 0 aromatic carbocycles. The number of hydrogen-bond donors (Lipinski definition) is 1. The maximum absolute atomic E-state index is 12.9. The lowest BCUT2D eigenvalue weighted by Gasteiger charge is -2.27. The first kappa shape index (κ1) is 20.6. The first-order valence-electron chi connectivity index (χ1n) is 10.5. The van der Waals surface area contributed by atoms with Gasteiger partial charge >= 0.3 is 0 Å². The summed E-state index contributed by atoms with van der Waals surface area (Å²) in [5, 5.41) is 2.79. The molecule has 0 radical (unpaired) electrons. The highest BCUT2D eigenvalue weighted by molar-refractivity contribution is 6.08. The van der Waals surface area contributed by atoms with E-state index in [0.29, 0.717) is 19.3 Å². The van der Waals surface area contributed by atoms with E-state index in [-0.39, 0.29) is 54.3 Å². The molecule has 4 amide bonds. The fraction of sp³-hybridized carbons (Fsp3) is 0.714. The zero-order valence-corrected chi connectivity index (χ0v) is 16.9. The van der Waals surface area contributed by atoms with Crippen molar-refractivity contribution in [3.05, 3.63) is 12.2 Å². The molecular weight excluding hydrogens is 358 g/mol. The summed E-state index contributed by atoms with van der Waals surface area (Å²) in [5.74, 6) is -1.27.